The maximum absolute atomic E-state index is 11.8. The Morgan fingerprint density at radius 1 is 1.30 bits per heavy atom. The van der Waals surface area contributed by atoms with Crippen molar-refractivity contribution in [2.24, 2.45) is 0 Å². The molecular weight excluding hydrogens is 274 g/mol. The first-order valence-corrected chi connectivity index (χ1v) is 8.34. The third-order valence-electron chi connectivity index (χ3n) is 3.13. The maximum atomic E-state index is 11.8. The lowest BCUT2D eigenvalue weighted by atomic mass is 10.1. The Morgan fingerprint density at radius 2 is 2.05 bits per heavy atom. The van der Waals surface area contributed by atoms with E-state index in [9.17, 15) is 8.42 Å². The zero-order chi connectivity index (χ0) is 14.6. The van der Waals surface area contributed by atoms with Gasteiger partial charge in [-0.2, -0.15) is 0 Å². The minimum Gasteiger partial charge on any atom is -0.333 e. The van der Waals surface area contributed by atoms with Crippen LogP contribution >= 0.6 is 0 Å². The van der Waals surface area contributed by atoms with E-state index in [0.717, 1.165) is 24.5 Å². The molecule has 0 aliphatic rings. The Hall–Kier alpha value is -1.66. The quantitative estimate of drug-likeness (QED) is 0.866. The van der Waals surface area contributed by atoms with E-state index in [1.165, 1.54) is 6.26 Å². The largest absolute Gasteiger partial charge is 0.333 e. The van der Waals surface area contributed by atoms with Gasteiger partial charge in [0.15, 0.2) is 9.84 Å². The van der Waals surface area contributed by atoms with Gasteiger partial charge in [-0.15, -0.1) is 0 Å². The maximum Gasteiger partial charge on any atom is 0.175 e. The molecule has 0 atom stereocenters. The van der Waals surface area contributed by atoms with Crippen LogP contribution in [0.5, 0.6) is 0 Å². The highest BCUT2D eigenvalue weighted by atomic mass is 32.2. The van der Waals surface area contributed by atoms with E-state index in [2.05, 4.69) is 10.3 Å². The van der Waals surface area contributed by atoms with Crippen molar-refractivity contribution in [3.8, 4) is 0 Å². The number of nitrogens with zero attached hydrogens (tertiary/aromatic N) is 2. The molecule has 0 aliphatic heterocycles. The third-order valence-corrected chi connectivity index (χ3v) is 4.32. The molecule has 1 N–H and O–H groups in total. The normalized spacial score (nSPS) is 11.7. The van der Waals surface area contributed by atoms with Crippen LogP contribution in [0.3, 0.4) is 0 Å². The van der Waals surface area contributed by atoms with Gasteiger partial charge >= 0.3 is 0 Å². The minimum absolute atomic E-state index is 0.378. The summed E-state index contributed by atoms with van der Waals surface area (Å²) in [4.78, 5) is 4.71. The smallest absolute Gasteiger partial charge is 0.175 e. The first-order valence-electron chi connectivity index (χ1n) is 6.45. The van der Waals surface area contributed by atoms with E-state index >= 15 is 0 Å². The number of aromatic nitrogens is 2. The molecule has 6 heteroatoms. The standard InChI is InChI=1S/C14H19N3O2S/c1-15-7-9-17-10-8-16-14(17)11-12-5-3-4-6-13(12)20(2,18)19/h3-6,8,10,15H,7,9,11H2,1-2H3. The molecule has 0 unspecified atom stereocenters. The number of likely N-dealkylation sites (N-methyl/N-ethyl adjacent to an activating group) is 1. The fraction of sp³-hybridized carbons (Fsp3) is 0.357. The molecule has 1 heterocycles. The lowest BCUT2D eigenvalue weighted by Crippen LogP contribution is -2.16. The van der Waals surface area contributed by atoms with Gasteiger partial charge in [0.25, 0.3) is 0 Å². The highest BCUT2D eigenvalue weighted by Crippen LogP contribution is 2.18. The average molecular weight is 293 g/mol. The van der Waals surface area contributed by atoms with Gasteiger partial charge in [0.05, 0.1) is 4.90 Å². The summed E-state index contributed by atoms with van der Waals surface area (Å²) in [7, 11) is -1.32. The highest BCUT2D eigenvalue weighted by molar-refractivity contribution is 7.90. The number of sulfone groups is 1. The van der Waals surface area contributed by atoms with E-state index in [1.807, 2.05) is 29.9 Å². The van der Waals surface area contributed by atoms with Crippen molar-refractivity contribution in [2.45, 2.75) is 17.9 Å². The van der Waals surface area contributed by atoms with E-state index in [-0.39, 0.29) is 0 Å². The van der Waals surface area contributed by atoms with Crippen molar-refractivity contribution in [3.05, 3.63) is 48.0 Å². The number of benzene rings is 1. The summed E-state index contributed by atoms with van der Waals surface area (Å²) in [5.41, 5.74) is 0.784. The van der Waals surface area contributed by atoms with Gasteiger partial charge in [-0.25, -0.2) is 13.4 Å². The molecule has 0 amide bonds. The molecule has 5 nitrogen and oxygen atoms in total. The SMILES string of the molecule is CNCCn1ccnc1Cc1ccccc1S(C)(=O)=O. The minimum atomic E-state index is -3.22. The average Bonchev–Trinajstić information content (AvgIpc) is 2.83. The first-order chi connectivity index (χ1) is 9.52. The van der Waals surface area contributed by atoms with Crippen molar-refractivity contribution in [1.82, 2.24) is 14.9 Å². The Labute approximate surface area is 119 Å². The Balaban J connectivity index is 2.29. The second kappa shape index (κ2) is 6.19. The van der Waals surface area contributed by atoms with Crippen LogP contribution in [0.15, 0.2) is 41.6 Å². The van der Waals surface area contributed by atoms with Gasteiger partial charge in [0.1, 0.15) is 5.82 Å². The van der Waals surface area contributed by atoms with Crippen LogP contribution in [-0.4, -0.2) is 37.8 Å². The predicted molar refractivity (Wildman–Crippen MR) is 78.5 cm³/mol. The van der Waals surface area contributed by atoms with Gasteiger partial charge in [-0.3, -0.25) is 0 Å². The molecule has 0 spiro atoms. The number of rotatable bonds is 6. The van der Waals surface area contributed by atoms with Crippen LogP contribution in [0.4, 0.5) is 0 Å². The summed E-state index contributed by atoms with van der Waals surface area (Å²) in [5.74, 6) is 0.872. The lowest BCUT2D eigenvalue weighted by Gasteiger charge is -2.10. The summed E-state index contributed by atoms with van der Waals surface area (Å²) in [6.07, 6.45) is 5.41. The van der Waals surface area contributed by atoms with Crippen molar-refractivity contribution < 1.29 is 8.42 Å². The van der Waals surface area contributed by atoms with Crippen LogP contribution in [0, 0.1) is 0 Å². The topological polar surface area (TPSA) is 64.0 Å². The Morgan fingerprint density at radius 3 is 2.75 bits per heavy atom. The second-order valence-corrected chi connectivity index (χ2v) is 6.68. The fourth-order valence-corrected chi connectivity index (χ4v) is 3.07. The van der Waals surface area contributed by atoms with Crippen molar-refractivity contribution in [2.75, 3.05) is 19.8 Å². The number of imidazole rings is 1. The highest BCUT2D eigenvalue weighted by Gasteiger charge is 2.14. The summed E-state index contributed by atoms with van der Waals surface area (Å²) < 4.78 is 25.6. The monoisotopic (exact) mass is 293 g/mol. The molecule has 0 saturated carbocycles. The van der Waals surface area contributed by atoms with E-state index in [1.54, 1.807) is 18.3 Å². The van der Waals surface area contributed by atoms with Crippen LogP contribution in [-0.2, 0) is 22.8 Å². The number of hydrogen-bond acceptors (Lipinski definition) is 4. The number of nitrogens with one attached hydrogen (secondary N) is 1. The molecule has 2 aromatic rings. The third kappa shape index (κ3) is 3.46. The first kappa shape index (κ1) is 14.7. The molecule has 0 radical (unpaired) electrons. The van der Waals surface area contributed by atoms with Gasteiger partial charge in [-0.05, 0) is 18.7 Å². The van der Waals surface area contributed by atoms with Crippen LogP contribution in [0.25, 0.3) is 0 Å². The molecule has 0 bridgehead atoms. The molecule has 0 saturated heterocycles. The van der Waals surface area contributed by atoms with E-state index in [4.69, 9.17) is 0 Å². The van der Waals surface area contributed by atoms with Crippen LogP contribution in [0.1, 0.15) is 11.4 Å². The Kier molecular flexibility index (Phi) is 4.57. The van der Waals surface area contributed by atoms with E-state index < -0.39 is 9.84 Å². The second-order valence-electron chi connectivity index (χ2n) is 4.70. The summed E-state index contributed by atoms with van der Waals surface area (Å²) in [6.45, 7) is 1.66. The molecule has 2 rings (SSSR count). The fourth-order valence-electron chi connectivity index (χ4n) is 2.13. The molecule has 1 aromatic heterocycles. The molecular formula is C14H19N3O2S. The van der Waals surface area contributed by atoms with Crippen LogP contribution < -0.4 is 5.32 Å². The molecule has 0 aliphatic carbocycles. The predicted octanol–water partition coefficient (Wildman–Crippen LogP) is 1.10. The summed E-state index contributed by atoms with van der Waals surface area (Å²) >= 11 is 0. The van der Waals surface area contributed by atoms with Crippen LogP contribution in [0.2, 0.25) is 0 Å². The van der Waals surface area contributed by atoms with Gasteiger partial charge in [-0.1, -0.05) is 18.2 Å². The lowest BCUT2D eigenvalue weighted by molar-refractivity contribution is 0.599. The molecule has 108 valence electrons. The Bertz CT molecular complexity index is 677. The molecule has 1 aromatic carbocycles. The van der Waals surface area contributed by atoms with Gasteiger partial charge < -0.3 is 9.88 Å². The van der Waals surface area contributed by atoms with Crippen molar-refractivity contribution >= 4 is 9.84 Å². The molecule has 0 fully saturated rings. The zero-order valence-electron chi connectivity index (χ0n) is 11.7. The van der Waals surface area contributed by atoms with Gasteiger partial charge in [0, 0.05) is 38.2 Å². The summed E-state index contributed by atoms with van der Waals surface area (Å²) in [6, 6.07) is 7.08. The summed E-state index contributed by atoms with van der Waals surface area (Å²) in [5, 5.41) is 3.09. The molecule has 20 heavy (non-hydrogen) atoms. The van der Waals surface area contributed by atoms with Crippen molar-refractivity contribution in [1.29, 1.82) is 0 Å². The van der Waals surface area contributed by atoms with Gasteiger partial charge in [0.2, 0.25) is 0 Å². The van der Waals surface area contributed by atoms with E-state index in [0.29, 0.717) is 11.3 Å². The zero-order valence-corrected chi connectivity index (χ0v) is 12.5. The van der Waals surface area contributed by atoms with Crippen molar-refractivity contribution in [3.63, 3.8) is 0 Å². The number of hydrogen-bond donors (Lipinski definition) is 1.